The fourth-order valence-electron chi connectivity index (χ4n) is 1.51. The number of anilines is 1. The summed E-state index contributed by atoms with van der Waals surface area (Å²) in [5, 5.41) is 4.16. The summed E-state index contributed by atoms with van der Waals surface area (Å²) in [5.74, 6) is 1.53. The second-order valence-electron chi connectivity index (χ2n) is 5.24. The quantitative estimate of drug-likeness (QED) is 0.866. The second-order valence-corrected chi connectivity index (χ2v) is 5.24. The van der Waals surface area contributed by atoms with Gasteiger partial charge in [0.1, 0.15) is 11.8 Å². The Hall–Kier alpha value is -1.78. The smallest absolute Gasteiger partial charge is 0.218 e. The summed E-state index contributed by atoms with van der Waals surface area (Å²) in [5.41, 5.74) is 6.24. The highest BCUT2D eigenvalue weighted by molar-refractivity contribution is 5.30. The molecule has 0 aliphatic carbocycles. The molecule has 0 unspecified atom stereocenters. The third-order valence-electron chi connectivity index (χ3n) is 2.64. The Morgan fingerprint density at radius 2 is 2.06 bits per heavy atom. The van der Waals surface area contributed by atoms with E-state index in [9.17, 15) is 0 Å². The van der Waals surface area contributed by atoms with Crippen LogP contribution in [0.4, 0.5) is 5.69 Å². The molecule has 2 heterocycles. The molecule has 0 fully saturated rings. The van der Waals surface area contributed by atoms with Crippen LogP contribution in [0.15, 0.2) is 23.0 Å². The second kappa shape index (κ2) is 3.91. The first-order valence-corrected chi connectivity index (χ1v) is 5.64. The third-order valence-corrected chi connectivity index (χ3v) is 2.64. The number of hydrogen-bond acceptors (Lipinski definition) is 4. The molecule has 5 heteroatoms. The van der Waals surface area contributed by atoms with Gasteiger partial charge in [-0.3, -0.25) is 4.68 Å². The number of nitrogens with zero attached hydrogens (tertiary/aromatic N) is 3. The number of rotatable bonds is 2. The summed E-state index contributed by atoms with van der Waals surface area (Å²) in [6, 6.07) is -0.0524. The van der Waals surface area contributed by atoms with Crippen LogP contribution in [-0.2, 0) is 5.41 Å². The topological polar surface area (TPSA) is 69.9 Å². The van der Waals surface area contributed by atoms with Crippen LogP contribution in [0.25, 0.3) is 0 Å². The Morgan fingerprint density at radius 1 is 1.35 bits per heavy atom. The van der Waals surface area contributed by atoms with Gasteiger partial charge in [0.2, 0.25) is 5.89 Å². The largest absolute Gasteiger partial charge is 0.443 e. The maximum atomic E-state index is 5.76. The van der Waals surface area contributed by atoms with Crippen LogP contribution in [0.2, 0.25) is 0 Å². The van der Waals surface area contributed by atoms with Crippen LogP contribution in [0.1, 0.15) is 45.4 Å². The summed E-state index contributed by atoms with van der Waals surface area (Å²) in [6.07, 6.45) is 5.16. The summed E-state index contributed by atoms with van der Waals surface area (Å²) in [4.78, 5) is 4.30. The lowest BCUT2D eigenvalue weighted by Gasteiger charge is -2.14. The van der Waals surface area contributed by atoms with Crippen LogP contribution in [0.3, 0.4) is 0 Å². The van der Waals surface area contributed by atoms with Crippen molar-refractivity contribution in [1.29, 1.82) is 0 Å². The molecular weight excluding hydrogens is 216 g/mol. The van der Waals surface area contributed by atoms with Crippen molar-refractivity contribution in [2.45, 2.75) is 39.2 Å². The van der Waals surface area contributed by atoms with Gasteiger partial charge in [-0.05, 0) is 6.92 Å². The van der Waals surface area contributed by atoms with E-state index in [-0.39, 0.29) is 11.5 Å². The van der Waals surface area contributed by atoms with Gasteiger partial charge in [-0.2, -0.15) is 5.10 Å². The Labute approximate surface area is 101 Å². The standard InChI is InChI=1S/C12H18N4O/c1-8(16-7-9(13)5-15-16)11-14-6-10(17-11)12(2,3)4/h5-8H,13H2,1-4H3/t8-/m0/s1. The minimum Gasteiger partial charge on any atom is -0.443 e. The zero-order valence-electron chi connectivity index (χ0n) is 10.6. The van der Waals surface area contributed by atoms with Gasteiger partial charge in [-0.1, -0.05) is 20.8 Å². The lowest BCUT2D eigenvalue weighted by molar-refractivity contribution is 0.348. The van der Waals surface area contributed by atoms with Crippen LogP contribution in [0.5, 0.6) is 0 Å². The maximum absolute atomic E-state index is 5.76. The molecule has 0 aliphatic rings. The van der Waals surface area contributed by atoms with Gasteiger partial charge >= 0.3 is 0 Å². The molecule has 0 aliphatic heterocycles. The van der Waals surface area contributed by atoms with E-state index >= 15 is 0 Å². The van der Waals surface area contributed by atoms with Crippen molar-refractivity contribution in [2.75, 3.05) is 5.73 Å². The number of nitrogens with two attached hydrogens (primary N) is 1. The predicted octanol–water partition coefficient (Wildman–Crippen LogP) is 2.36. The Bertz CT molecular complexity index is 507. The number of aromatic nitrogens is 3. The van der Waals surface area contributed by atoms with Gasteiger partial charge in [-0.25, -0.2) is 4.98 Å². The van der Waals surface area contributed by atoms with Crippen LogP contribution in [0, 0.1) is 0 Å². The van der Waals surface area contributed by atoms with E-state index in [1.54, 1.807) is 23.3 Å². The van der Waals surface area contributed by atoms with Crippen molar-refractivity contribution in [1.82, 2.24) is 14.8 Å². The number of hydrogen-bond donors (Lipinski definition) is 1. The molecule has 5 nitrogen and oxygen atoms in total. The molecule has 0 amide bonds. The van der Waals surface area contributed by atoms with E-state index in [0.29, 0.717) is 11.6 Å². The van der Waals surface area contributed by atoms with Crippen molar-refractivity contribution in [3.8, 4) is 0 Å². The Balaban J connectivity index is 2.26. The van der Waals surface area contributed by atoms with Crippen molar-refractivity contribution in [3.63, 3.8) is 0 Å². The maximum Gasteiger partial charge on any atom is 0.218 e. The molecule has 0 aromatic carbocycles. The van der Waals surface area contributed by atoms with E-state index in [0.717, 1.165) is 5.76 Å². The van der Waals surface area contributed by atoms with Gasteiger partial charge in [-0.15, -0.1) is 0 Å². The molecule has 2 aromatic heterocycles. The minimum absolute atomic E-state index is 0.0336. The summed E-state index contributed by atoms with van der Waals surface area (Å²) >= 11 is 0. The van der Waals surface area contributed by atoms with Crippen molar-refractivity contribution >= 4 is 5.69 Å². The molecule has 0 spiro atoms. The van der Waals surface area contributed by atoms with E-state index in [2.05, 4.69) is 30.9 Å². The van der Waals surface area contributed by atoms with Gasteiger partial charge in [0.05, 0.1) is 18.1 Å². The molecule has 92 valence electrons. The van der Waals surface area contributed by atoms with Crippen molar-refractivity contribution in [2.24, 2.45) is 0 Å². The first-order valence-electron chi connectivity index (χ1n) is 5.64. The van der Waals surface area contributed by atoms with Crippen LogP contribution in [-0.4, -0.2) is 14.8 Å². The van der Waals surface area contributed by atoms with Crippen molar-refractivity contribution < 1.29 is 4.42 Å². The predicted molar refractivity (Wildman–Crippen MR) is 65.7 cm³/mol. The number of oxazole rings is 1. The molecule has 1 atom stereocenters. The average molecular weight is 234 g/mol. The first-order chi connectivity index (χ1) is 7.88. The van der Waals surface area contributed by atoms with Crippen molar-refractivity contribution in [3.05, 3.63) is 30.2 Å². The van der Waals surface area contributed by atoms with Crippen LogP contribution < -0.4 is 5.73 Å². The van der Waals surface area contributed by atoms with Gasteiger partial charge in [0.25, 0.3) is 0 Å². The highest BCUT2D eigenvalue weighted by atomic mass is 16.4. The lowest BCUT2D eigenvalue weighted by atomic mass is 9.94. The van der Waals surface area contributed by atoms with Gasteiger partial charge < -0.3 is 10.2 Å². The summed E-state index contributed by atoms with van der Waals surface area (Å²) in [7, 11) is 0. The molecule has 0 bridgehead atoms. The zero-order chi connectivity index (χ0) is 12.6. The monoisotopic (exact) mass is 234 g/mol. The SMILES string of the molecule is C[C@@H](c1ncc(C(C)(C)C)o1)n1cc(N)cn1. The zero-order valence-corrected chi connectivity index (χ0v) is 10.6. The minimum atomic E-state index is -0.0524. The summed E-state index contributed by atoms with van der Waals surface area (Å²) in [6.45, 7) is 8.25. The first kappa shape index (κ1) is 11.7. The molecule has 17 heavy (non-hydrogen) atoms. The average Bonchev–Trinajstić information content (AvgIpc) is 2.83. The summed E-state index contributed by atoms with van der Waals surface area (Å²) < 4.78 is 7.50. The van der Waals surface area contributed by atoms with Crippen LogP contribution >= 0.6 is 0 Å². The molecule has 0 saturated heterocycles. The molecule has 2 rings (SSSR count). The molecule has 2 aromatic rings. The Morgan fingerprint density at radius 3 is 2.53 bits per heavy atom. The van der Waals surface area contributed by atoms with Gasteiger partial charge in [0.15, 0.2) is 0 Å². The fourth-order valence-corrected chi connectivity index (χ4v) is 1.51. The molecule has 0 radical (unpaired) electrons. The molecule has 0 saturated carbocycles. The van der Waals surface area contributed by atoms with E-state index in [4.69, 9.17) is 10.2 Å². The van der Waals surface area contributed by atoms with Gasteiger partial charge in [0, 0.05) is 11.6 Å². The van der Waals surface area contributed by atoms with E-state index < -0.39 is 0 Å². The third kappa shape index (κ3) is 2.33. The van der Waals surface area contributed by atoms with E-state index in [1.807, 2.05) is 6.92 Å². The highest BCUT2D eigenvalue weighted by Crippen LogP contribution is 2.26. The molecular formula is C12H18N4O. The highest BCUT2D eigenvalue weighted by Gasteiger charge is 2.22. The normalized spacial score (nSPS) is 13.9. The fraction of sp³-hybridized carbons (Fsp3) is 0.500. The Kier molecular flexibility index (Phi) is 2.69. The number of nitrogen functional groups attached to an aromatic ring is 1. The lowest BCUT2D eigenvalue weighted by Crippen LogP contribution is -2.10. The van der Waals surface area contributed by atoms with E-state index in [1.165, 1.54) is 0 Å². The molecule has 2 N–H and O–H groups in total.